The number of aromatic nitrogens is 1. The molecule has 0 saturated carbocycles. The number of amides is 1. The molecule has 1 rings (SSSR count). The summed E-state index contributed by atoms with van der Waals surface area (Å²) in [7, 11) is 0. The topological polar surface area (TPSA) is 94.4 Å². The molecule has 110 valence electrons. The van der Waals surface area contributed by atoms with E-state index >= 15 is 0 Å². The molecule has 0 bridgehead atoms. The number of carbonyl (C=O) groups is 1. The number of pyridine rings is 1. The number of carbonyl (C=O) groups excluding carboxylic acids is 1. The molecule has 1 aromatic heterocycles. The molecule has 20 heavy (non-hydrogen) atoms. The van der Waals surface area contributed by atoms with Crippen molar-refractivity contribution in [3.63, 3.8) is 0 Å². The van der Waals surface area contributed by atoms with E-state index in [4.69, 9.17) is 11.6 Å². The maximum absolute atomic E-state index is 11.8. The zero-order chi connectivity index (χ0) is 15.1. The molecular formula is C10H10ClF2N3O4. The van der Waals surface area contributed by atoms with Gasteiger partial charge in [0.15, 0.2) is 0 Å². The number of halogens is 3. The first kappa shape index (κ1) is 16.2. The van der Waals surface area contributed by atoms with Crippen molar-refractivity contribution in [3.8, 4) is 0 Å². The van der Waals surface area contributed by atoms with E-state index in [1.165, 1.54) is 0 Å². The van der Waals surface area contributed by atoms with Gasteiger partial charge in [-0.1, -0.05) is 11.6 Å². The van der Waals surface area contributed by atoms with E-state index in [0.29, 0.717) is 0 Å². The minimum Gasteiger partial charge on any atom is -0.374 e. The molecule has 7 nitrogen and oxygen atoms in total. The van der Waals surface area contributed by atoms with Gasteiger partial charge < -0.3 is 10.1 Å². The molecule has 0 fully saturated rings. The Labute approximate surface area is 117 Å². The molecule has 0 aliphatic heterocycles. The summed E-state index contributed by atoms with van der Waals surface area (Å²) in [4.78, 5) is 25.2. The van der Waals surface area contributed by atoms with Crippen molar-refractivity contribution in [2.75, 3.05) is 19.8 Å². The number of rotatable bonds is 7. The van der Waals surface area contributed by atoms with Crippen molar-refractivity contribution >= 4 is 23.2 Å². The van der Waals surface area contributed by atoms with Crippen LogP contribution >= 0.6 is 11.6 Å². The zero-order valence-corrected chi connectivity index (χ0v) is 10.8. The molecular weight excluding hydrogens is 300 g/mol. The van der Waals surface area contributed by atoms with Crippen molar-refractivity contribution in [2.45, 2.75) is 6.43 Å². The van der Waals surface area contributed by atoms with Gasteiger partial charge in [0.25, 0.3) is 18.0 Å². The third-order valence-electron chi connectivity index (χ3n) is 2.07. The first-order valence-corrected chi connectivity index (χ1v) is 5.73. The number of ether oxygens (including phenoxy) is 1. The van der Waals surface area contributed by atoms with E-state index in [0.717, 1.165) is 12.3 Å². The van der Waals surface area contributed by atoms with Crippen LogP contribution in [0.3, 0.4) is 0 Å². The van der Waals surface area contributed by atoms with Crippen LogP contribution in [0.5, 0.6) is 0 Å². The second kappa shape index (κ2) is 7.65. The van der Waals surface area contributed by atoms with E-state index in [1.807, 2.05) is 0 Å². The smallest absolute Gasteiger partial charge is 0.300 e. The summed E-state index contributed by atoms with van der Waals surface area (Å²) in [6, 6.07) is 1.05. The Hall–Kier alpha value is -1.87. The molecule has 1 amide bonds. The monoisotopic (exact) mass is 309 g/mol. The highest BCUT2D eigenvalue weighted by Gasteiger charge is 2.21. The molecule has 1 aromatic rings. The highest BCUT2D eigenvalue weighted by Crippen LogP contribution is 2.19. The Morgan fingerprint density at radius 1 is 1.60 bits per heavy atom. The number of nitro groups is 1. The molecule has 0 saturated heterocycles. The van der Waals surface area contributed by atoms with Crippen LogP contribution in [0.1, 0.15) is 10.4 Å². The minimum absolute atomic E-state index is 0.0668. The maximum atomic E-state index is 11.8. The quantitative estimate of drug-likeness (QED) is 0.358. The normalized spacial score (nSPS) is 10.6. The fourth-order valence-corrected chi connectivity index (χ4v) is 1.41. The highest BCUT2D eigenvalue weighted by molar-refractivity contribution is 6.29. The van der Waals surface area contributed by atoms with E-state index in [2.05, 4.69) is 15.0 Å². The van der Waals surface area contributed by atoms with Gasteiger partial charge in [-0.2, -0.15) is 0 Å². The number of nitrogens with one attached hydrogen (secondary N) is 1. The van der Waals surface area contributed by atoms with Gasteiger partial charge in [-0.15, -0.1) is 0 Å². The van der Waals surface area contributed by atoms with Gasteiger partial charge in [0.05, 0.1) is 11.5 Å². The van der Waals surface area contributed by atoms with Gasteiger partial charge in [-0.05, 0) is 6.07 Å². The number of nitrogens with zero attached hydrogens (tertiary/aromatic N) is 2. The van der Waals surface area contributed by atoms with Crippen molar-refractivity contribution in [3.05, 3.63) is 33.1 Å². The van der Waals surface area contributed by atoms with Crippen LogP contribution in [0.4, 0.5) is 14.5 Å². The van der Waals surface area contributed by atoms with Crippen LogP contribution in [-0.4, -0.2) is 42.0 Å². The first-order valence-electron chi connectivity index (χ1n) is 5.36. The second-order valence-electron chi connectivity index (χ2n) is 3.50. The predicted molar refractivity (Wildman–Crippen MR) is 65.1 cm³/mol. The Morgan fingerprint density at radius 2 is 2.30 bits per heavy atom. The number of hydrogen-bond donors (Lipinski definition) is 1. The highest BCUT2D eigenvalue weighted by atomic mass is 35.5. The van der Waals surface area contributed by atoms with Crippen molar-refractivity contribution < 1.29 is 23.2 Å². The van der Waals surface area contributed by atoms with Gasteiger partial charge in [0.2, 0.25) is 0 Å². The fraction of sp³-hybridized carbons (Fsp3) is 0.400. The lowest BCUT2D eigenvalue weighted by atomic mass is 10.2. The largest absolute Gasteiger partial charge is 0.374 e. The second-order valence-corrected chi connectivity index (χ2v) is 3.89. The third-order valence-corrected chi connectivity index (χ3v) is 2.27. The summed E-state index contributed by atoms with van der Waals surface area (Å²) in [5.74, 6) is -0.762. The van der Waals surface area contributed by atoms with E-state index in [1.54, 1.807) is 0 Å². The first-order chi connectivity index (χ1) is 9.41. The van der Waals surface area contributed by atoms with Gasteiger partial charge in [0, 0.05) is 6.54 Å². The van der Waals surface area contributed by atoms with Gasteiger partial charge in [-0.3, -0.25) is 14.9 Å². The SMILES string of the molecule is O=C(NCCOCC(F)F)c1cc(Cl)ncc1[N+](=O)[O-]. The Morgan fingerprint density at radius 3 is 2.90 bits per heavy atom. The molecule has 0 spiro atoms. The van der Waals surface area contributed by atoms with E-state index < -0.39 is 29.6 Å². The van der Waals surface area contributed by atoms with Crippen LogP contribution in [0.2, 0.25) is 5.15 Å². The summed E-state index contributed by atoms with van der Waals surface area (Å²) in [6.45, 7) is -0.942. The number of alkyl halides is 2. The average molecular weight is 310 g/mol. The van der Waals surface area contributed by atoms with Crippen molar-refractivity contribution in [1.82, 2.24) is 10.3 Å². The molecule has 0 aliphatic carbocycles. The standard InChI is InChI=1S/C10H10ClF2N3O4/c11-8-3-6(7(4-15-8)16(18)19)10(17)14-1-2-20-5-9(12)13/h3-4,9H,1-2,5H2,(H,14,17). The molecule has 1 N–H and O–H groups in total. The van der Waals surface area contributed by atoms with E-state index in [-0.39, 0.29) is 23.9 Å². The van der Waals surface area contributed by atoms with Crippen LogP contribution in [0.15, 0.2) is 12.3 Å². The van der Waals surface area contributed by atoms with Crippen LogP contribution in [0, 0.1) is 10.1 Å². The lowest BCUT2D eigenvalue weighted by Crippen LogP contribution is -2.28. The molecule has 0 aliphatic rings. The Kier molecular flexibility index (Phi) is 6.19. The molecule has 0 aromatic carbocycles. The Balaban J connectivity index is 2.59. The van der Waals surface area contributed by atoms with Crippen LogP contribution in [-0.2, 0) is 4.74 Å². The van der Waals surface area contributed by atoms with Crippen molar-refractivity contribution in [1.29, 1.82) is 0 Å². The van der Waals surface area contributed by atoms with Crippen LogP contribution in [0.25, 0.3) is 0 Å². The van der Waals surface area contributed by atoms with Crippen LogP contribution < -0.4 is 5.32 Å². The molecule has 1 heterocycles. The zero-order valence-electron chi connectivity index (χ0n) is 10.0. The lowest BCUT2D eigenvalue weighted by Gasteiger charge is -2.06. The van der Waals surface area contributed by atoms with Crippen molar-refractivity contribution in [2.24, 2.45) is 0 Å². The minimum atomic E-state index is -2.59. The summed E-state index contributed by atoms with van der Waals surface area (Å²) >= 11 is 5.56. The molecule has 0 radical (unpaired) electrons. The third kappa shape index (κ3) is 5.02. The summed E-state index contributed by atoms with van der Waals surface area (Å²) in [5, 5.41) is 12.9. The Bertz CT molecular complexity index is 501. The van der Waals surface area contributed by atoms with E-state index in [9.17, 15) is 23.7 Å². The van der Waals surface area contributed by atoms with Gasteiger partial charge in [0.1, 0.15) is 23.5 Å². The molecule has 0 unspecified atom stereocenters. The number of hydrogen-bond acceptors (Lipinski definition) is 5. The van der Waals surface area contributed by atoms with Gasteiger partial charge in [-0.25, -0.2) is 13.8 Å². The molecule has 0 atom stereocenters. The average Bonchev–Trinajstić information content (AvgIpc) is 2.37. The van der Waals surface area contributed by atoms with Gasteiger partial charge >= 0.3 is 0 Å². The summed E-state index contributed by atoms with van der Waals surface area (Å²) < 4.78 is 28.1. The maximum Gasteiger partial charge on any atom is 0.300 e. The fourth-order valence-electron chi connectivity index (χ4n) is 1.25. The molecule has 10 heteroatoms. The summed E-state index contributed by atoms with van der Waals surface area (Å²) in [5.41, 5.74) is -0.760. The predicted octanol–water partition coefficient (Wildman–Crippen LogP) is 1.65. The summed E-state index contributed by atoms with van der Waals surface area (Å²) in [6.07, 6.45) is -1.73. The lowest BCUT2D eigenvalue weighted by molar-refractivity contribution is -0.385.